The van der Waals surface area contributed by atoms with E-state index in [1.807, 2.05) is 0 Å². The maximum atomic E-state index is 11.2. The first-order valence-electron chi connectivity index (χ1n) is 7.36. The highest BCUT2D eigenvalue weighted by molar-refractivity contribution is 5.94. The number of carbonyl (C=O) groups excluding carboxylic acids is 1. The molecule has 2 aliphatic rings. The number of anilines is 1. The number of benzene rings is 1. The van der Waals surface area contributed by atoms with Crippen molar-refractivity contribution in [3.8, 4) is 0 Å². The summed E-state index contributed by atoms with van der Waals surface area (Å²) < 4.78 is 0. The number of hydrogen-bond acceptors (Lipinski definition) is 4. The van der Waals surface area contributed by atoms with Gasteiger partial charge in [-0.2, -0.15) is 0 Å². The maximum Gasteiger partial charge on any atom is 0.292 e. The largest absolute Gasteiger partial charge is 0.379 e. The number of nitrogens with zero attached hydrogens (tertiary/aromatic N) is 1. The molecule has 0 spiro atoms. The Morgan fingerprint density at radius 2 is 2.19 bits per heavy atom. The second kappa shape index (κ2) is 5.35. The topological polar surface area (TPSA) is 98.3 Å². The molecule has 6 heteroatoms. The summed E-state index contributed by atoms with van der Waals surface area (Å²) in [6.07, 6.45) is 5.12. The molecule has 0 saturated heterocycles. The van der Waals surface area contributed by atoms with Crippen molar-refractivity contribution in [1.29, 1.82) is 0 Å². The lowest BCUT2D eigenvalue weighted by Crippen LogP contribution is -2.21. The molecule has 112 valence electrons. The van der Waals surface area contributed by atoms with E-state index in [4.69, 9.17) is 5.73 Å². The Kier molecular flexibility index (Phi) is 3.53. The predicted octanol–water partition coefficient (Wildman–Crippen LogP) is 2.54. The van der Waals surface area contributed by atoms with Crippen LogP contribution >= 0.6 is 0 Å². The van der Waals surface area contributed by atoms with Gasteiger partial charge in [0.25, 0.3) is 5.69 Å². The van der Waals surface area contributed by atoms with E-state index in [2.05, 4.69) is 5.32 Å². The first-order chi connectivity index (χ1) is 10.0. The fraction of sp³-hybridized carbons (Fsp3) is 0.533. The summed E-state index contributed by atoms with van der Waals surface area (Å²) in [5.74, 6) is 1.60. The van der Waals surface area contributed by atoms with Crippen LogP contribution in [0.25, 0.3) is 0 Å². The second-order valence-corrected chi connectivity index (χ2v) is 6.17. The van der Waals surface area contributed by atoms with Crippen LogP contribution < -0.4 is 11.1 Å². The highest BCUT2D eigenvalue weighted by Crippen LogP contribution is 2.48. The lowest BCUT2D eigenvalue weighted by atomic mass is 9.89. The lowest BCUT2D eigenvalue weighted by Gasteiger charge is -2.22. The number of nitrogens with two attached hydrogens (primary N) is 1. The van der Waals surface area contributed by atoms with Gasteiger partial charge in [-0.1, -0.05) is 6.42 Å². The minimum absolute atomic E-state index is 0.0110. The molecule has 3 unspecified atom stereocenters. The Morgan fingerprint density at radius 1 is 1.38 bits per heavy atom. The number of nitrogens with one attached hydrogen (secondary N) is 1. The van der Waals surface area contributed by atoms with Gasteiger partial charge in [0, 0.05) is 18.2 Å². The molecular formula is C15H19N3O3. The van der Waals surface area contributed by atoms with Crippen LogP contribution in [-0.2, 0) is 0 Å². The molecule has 2 saturated carbocycles. The van der Waals surface area contributed by atoms with Crippen molar-refractivity contribution >= 4 is 17.3 Å². The average Bonchev–Trinajstić information content (AvgIpc) is 3.07. The summed E-state index contributed by atoms with van der Waals surface area (Å²) in [6.45, 7) is 0.726. The second-order valence-electron chi connectivity index (χ2n) is 6.17. The molecule has 0 radical (unpaired) electrons. The Hall–Kier alpha value is -2.11. The van der Waals surface area contributed by atoms with Crippen molar-refractivity contribution in [2.45, 2.75) is 25.7 Å². The third-order valence-electron chi connectivity index (χ3n) is 4.92. The van der Waals surface area contributed by atoms with E-state index in [0.717, 1.165) is 18.4 Å². The lowest BCUT2D eigenvalue weighted by molar-refractivity contribution is -0.384. The molecule has 0 aliphatic heterocycles. The fourth-order valence-corrected chi connectivity index (χ4v) is 3.86. The van der Waals surface area contributed by atoms with E-state index >= 15 is 0 Å². The summed E-state index contributed by atoms with van der Waals surface area (Å²) >= 11 is 0. The monoisotopic (exact) mass is 289 g/mol. The highest BCUT2D eigenvalue weighted by atomic mass is 16.6. The van der Waals surface area contributed by atoms with Gasteiger partial charge in [-0.15, -0.1) is 0 Å². The standard InChI is InChI=1S/C15H19N3O3/c16-15(19)11-3-4-14(18(20)21)13(7-11)17-8-12-6-9-1-2-10(12)5-9/h3-4,7,9-10,12,17H,1-2,5-6,8H2,(H2,16,19). The minimum atomic E-state index is -0.576. The molecule has 2 bridgehead atoms. The van der Waals surface area contributed by atoms with Crippen molar-refractivity contribution in [2.24, 2.45) is 23.5 Å². The molecule has 2 aliphatic carbocycles. The normalized spacial score (nSPS) is 26.8. The van der Waals surface area contributed by atoms with E-state index in [0.29, 0.717) is 11.6 Å². The summed E-state index contributed by atoms with van der Waals surface area (Å²) in [4.78, 5) is 21.9. The number of primary amides is 1. The zero-order valence-electron chi connectivity index (χ0n) is 11.7. The number of rotatable bonds is 5. The third kappa shape index (κ3) is 2.70. The Bertz CT molecular complexity index is 588. The van der Waals surface area contributed by atoms with Gasteiger partial charge in [0.2, 0.25) is 5.91 Å². The summed E-state index contributed by atoms with van der Waals surface area (Å²) in [6, 6.07) is 4.21. The molecule has 0 aromatic heterocycles. The van der Waals surface area contributed by atoms with E-state index in [1.165, 1.54) is 43.9 Å². The number of hydrogen-bond donors (Lipinski definition) is 2. The predicted molar refractivity (Wildman–Crippen MR) is 79.0 cm³/mol. The van der Waals surface area contributed by atoms with Gasteiger partial charge in [0.05, 0.1) is 4.92 Å². The van der Waals surface area contributed by atoms with Crippen LogP contribution in [0.15, 0.2) is 18.2 Å². The summed E-state index contributed by atoms with van der Waals surface area (Å²) in [5, 5.41) is 14.2. The van der Waals surface area contributed by atoms with Crippen LogP contribution in [0.1, 0.15) is 36.0 Å². The van der Waals surface area contributed by atoms with Gasteiger partial charge in [0.1, 0.15) is 5.69 Å². The van der Waals surface area contributed by atoms with Crippen LogP contribution in [0.5, 0.6) is 0 Å². The first-order valence-corrected chi connectivity index (χ1v) is 7.36. The van der Waals surface area contributed by atoms with Crippen molar-refractivity contribution in [3.05, 3.63) is 33.9 Å². The van der Waals surface area contributed by atoms with Crippen LogP contribution in [0.4, 0.5) is 11.4 Å². The molecule has 21 heavy (non-hydrogen) atoms. The molecule has 0 heterocycles. The van der Waals surface area contributed by atoms with Crippen LogP contribution in [0.3, 0.4) is 0 Å². The van der Waals surface area contributed by atoms with Crippen molar-refractivity contribution in [3.63, 3.8) is 0 Å². The van der Waals surface area contributed by atoms with Crippen LogP contribution in [0, 0.1) is 27.9 Å². The van der Waals surface area contributed by atoms with E-state index in [9.17, 15) is 14.9 Å². The Balaban J connectivity index is 1.75. The van der Waals surface area contributed by atoms with Crippen molar-refractivity contribution < 1.29 is 9.72 Å². The number of amides is 1. The molecular weight excluding hydrogens is 270 g/mol. The summed E-state index contributed by atoms with van der Waals surface area (Å²) in [7, 11) is 0. The molecule has 1 aromatic rings. The zero-order chi connectivity index (χ0) is 15.0. The Morgan fingerprint density at radius 3 is 2.76 bits per heavy atom. The molecule has 6 nitrogen and oxygen atoms in total. The van der Waals surface area contributed by atoms with Crippen LogP contribution in [0.2, 0.25) is 0 Å². The van der Waals surface area contributed by atoms with Gasteiger partial charge in [-0.3, -0.25) is 14.9 Å². The number of carbonyl (C=O) groups is 1. The van der Waals surface area contributed by atoms with Gasteiger partial charge in [-0.05, 0) is 49.1 Å². The Labute approximate surface area is 122 Å². The number of nitro benzene ring substituents is 1. The molecule has 2 fully saturated rings. The molecule has 3 atom stereocenters. The SMILES string of the molecule is NC(=O)c1ccc([N+](=O)[O-])c(NCC2CC3CCC2C3)c1. The van der Waals surface area contributed by atoms with E-state index < -0.39 is 10.8 Å². The first kappa shape index (κ1) is 13.9. The smallest absolute Gasteiger partial charge is 0.292 e. The number of nitro groups is 1. The number of fused-ring (bicyclic) bond motifs is 2. The molecule has 3 rings (SSSR count). The van der Waals surface area contributed by atoms with Gasteiger partial charge < -0.3 is 11.1 Å². The van der Waals surface area contributed by atoms with Crippen molar-refractivity contribution in [2.75, 3.05) is 11.9 Å². The molecule has 1 amide bonds. The average molecular weight is 289 g/mol. The minimum Gasteiger partial charge on any atom is -0.379 e. The fourth-order valence-electron chi connectivity index (χ4n) is 3.86. The quantitative estimate of drug-likeness (QED) is 0.642. The third-order valence-corrected chi connectivity index (χ3v) is 4.92. The van der Waals surface area contributed by atoms with Gasteiger partial charge in [0.15, 0.2) is 0 Å². The molecule has 1 aromatic carbocycles. The van der Waals surface area contributed by atoms with Crippen molar-refractivity contribution in [1.82, 2.24) is 0 Å². The summed E-state index contributed by atoms with van der Waals surface area (Å²) in [5.41, 5.74) is 5.91. The van der Waals surface area contributed by atoms with E-state index in [-0.39, 0.29) is 11.3 Å². The molecule has 3 N–H and O–H groups in total. The maximum absolute atomic E-state index is 11.2. The van der Waals surface area contributed by atoms with Crippen LogP contribution in [-0.4, -0.2) is 17.4 Å². The van der Waals surface area contributed by atoms with E-state index in [1.54, 1.807) is 0 Å². The highest BCUT2D eigenvalue weighted by Gasteiger charge is 2.39. The zero-order valence-corrected chi connectivity index (χ0v) is 11.7. The van der Waals surface area contributed by atoms with Gasteiger partial charge in [-0.25, -0.2) is 0 Å². The van der Waals surface area contributed by atoms with Gasteiger partial charge >= 0.3 is 0 Å².